The van der Waals surface area contributed by atoms with Crippen molar-refractivity contribution in [2.24, 2.45) is 0 Å². The molecular weight excluding hydrogens is 345 g/mol. The highest BCUT2D eigenvalue weighted by molar-refractivity contribution is 6.35. The van der Waals surface area contributed by atoms with Crippen LogP contribution < -0.4 is 4.74 Å². The Morgan fingerprint density at radius 3 is 2.43 bits per heavy atom. The lowest BCUT2D eigenvalue weighted by molar-refractivity contribution is -0.384. The average molecular weight is 356 g/mol. The predicted molar refractivity (Wildman–Crippen MR) is 85.2 cm³/mol. The van der Waals surface area contributed by atoms with Crippen molar-refractivity contribution in [2.75, 3.05) is 6.61 Å². The van der Waals surface area contributed by atoms with Gasteiger partial charge >= 0.3 is 6.16 Å². The van der Waals surface area contributed by atoms with Gasteiger partial charge in [0.25, 0.3) is 5.69 Å². The van der Waals surface area contributed by atoms with Gasteiger partial charge in [-0.05, 0) is 29.8 Å². The standard InChI is InChI=1S/C15H11Cl2NO5/c16-11-2-1-10(14(17)9-11)7-8-22-15(19)23-13-5-3-12(4-6-13)18(20)21/h1-6,9H,7-8H2. The number of rotatable bonds is 5. The molecule has 0 unspecified atom stereocenters. The number of hydrogen-bond donors (Lipinski definition) is 0. The Morgan fingerprint density at radius 2 is 1.83 bits per heavy atom. The molecule has 0 fully saturated rings. The molecule has 0 aliphatic carbocycles. The number of nitro groups is 1. The van der Waals surface area contributed by atoms with E-state index in [9.17, 15) is 14.9 Å². The number of hydrogen-bond acceptors (Lipinski definition) is 5. The Morgan fingerprint density at radius 1 is 1.13 bits per heavy atom. The van der Waals surface area contributed by atoms with Gasteiger partial charge in [-0.3, -0.25) is 10.1 Å². The lowest BCUT2D eigenvalue weighted by Gasteiger charge is -2.07. The maximum Gasteiger partial charge on any atom is 0.513 e. The van der Waals surface area contributed by atoms with Gasteiger partial charge in [0, 0.05) is 28.6 Å². The molecular formula is C15H11Cl2NO5. The van der Waals surface area contributed by atoms with E-state index < -0.39 is 11.1 Å². The van der Waals surface area contributed by atoms with Crippen LogP contribution in [-0.4, -0.2) is 17.7 Å². The van der Waals surface area contributed by atoms with Crippen molar-refractivity contribution in [2.45, 2.75) is 6.42 Å². The largest absolute Gasteiger partial charge is 0.513 e. The van der Waals surface area contributed by atoms with Crippen molar-refractivity contribution in [1.29, 1.82) is 0 Å². The minimum atomic E-state index is -0.899. The molecule has 0 atom stereocenters. The fourth-order valence-electron chi connectivity index (χ4n) is 1.73. The van der Waals surface area contributed by atoms with Gasteiger partial charge in [0.1, 0.15) is 5.75 Å². The monoisotopic (exact) mass is 355 g/mol. The zero-order valence-electron chi connectivity index (χ0n) is 11.7. The molecule has 2 rings (SSSR count). The summed E-state index contributed by atoms with van der Waals surface area (Å²) in [5, 5.41) is 11.5. The van der Waals surface area contributed by atoms with Gasteiger partial charge in [0.15, 0.2) is 0 Å². The van der Waals surface area contributed by atoms with Gasteiger partial charge in [0.05, 0.1) is 11.5 Å². The van der Waals surface area contributed by atoms with Crippen LogP contribution in [0.15, 0.2) is 42.5 Å². The minimum absolute atomic E-state index is 0.0766. The summed E-state index contributed by atoms with van der Waals surface area (Å²) < 4.78 is 9.82. The van der Waals surface area contributed by atoms with Crippen molar-refractivity contribution in [3.8, 4) is 5.75 Å². The first kappa shape index (κ1) is 17.1. The Kier molecular flexibility index (Phi) is 5.78. The third kappa shape index (κ3) is 5.12. The zero-order chi connectivity index (χ0) is 16.8. The van der Waals surface area contributed by atoms with Crippen molar-refractivity contribution in [3.63, 3.8) is 0 Å². The predicted octanol–water partition coefficient (Wildman–Crippen LogP) is 4.66. The van der Waals surface area contributed by atoms with Gasteiger partial charge in [-0.2, -0.15) is 0 Å². The minimum Gasteiger partial charge on any atom is -0.434 e. The Balaban J connectivity index is 1.82. The van der Waals surface area contributed by atoms with E-state index in [-0.39, 0.29) is 18.0 Å². The summed E-state index contributed by atoms with van der Waals surface area (Å²) in [6.45, 7) is 0.0766. The van der Waals surface area contributed by atoms with Gasteiger partial charge < -0.3 is 9.47 Å². The second-order valence-corrected chi connectivity index (χ2v) is 5.28. The molecule has 0 bridgehead atoms. The molecule has 0 saturated heterocycles. The normalized spacial score (nSPS) is 10.2. The Hall–Kier alpha value is -2.31. The number of carbonyl (C=O) groups is 1. The van der Waals surface area contributed by atoms with Crippen LogP contribution in [0.3, 0.4) is 0 Å². The quantitative estimate of drug-likeness (QED) is 0.337. The maximum absolute atomic E-state index is 11.5. The van der Waals surface area contributed by atoms with E-state index in [1.807, 2.05) is 0 Å². The van der Waals surface area contributed by atoms with Crippen molar-refractivity contribution in [1.82, 2.24) is 0 Å². The number of halogens is 2. The molecule has 0 amide bonds. The van der Waals surface area contributed by atoms with Crippen LogP contribution in [0.5, 0.6) is 5.75 Å². The summed E-state index contributed by atoms with van der Waals surface area (Å²) in [7, 11) is 0. The summed E-state index contributed by atoms with van der Waals surface area (Å²) >= 11 is 11.8. The first-order valence-corrected chi connectivity index (χ1v) is 7.24. The van der Waals surface area contributed by atoms with E-state index >= 15 is 0 Å². The molecule has 6 nitrogen and oxygen atoms in total. The van der Waals surface area contributed by atoms with Crippen molar-refractivity contribution >= 4 is 35.0 Å². The van der Waals surface area contributed by atoms with Crippen LogP contribution in [0.2, 0.25) is 10.0 Å². The molecule has 2 aromatic rings. The number of nitro benzene ring substituents is 1. The van der Waals surface area contributed by atoms with Crippen LogP contribution in [-0.2, 0) is 11.2 Å². The van der Waals surface area contributed by atoms with Crippen LogP contribution in [0.1, 0.15) is 5.56 Å². The second-order valence-electron chi connectivity index (χ2n) is 4.44. The van der Waals surface area contributed by atoms with Crippen LogP contribution in [0, 0.1) is 10.1 Å². The van der Waals surface area contributed by atoms with Gasteiger partial charge in [-0.25, -0.2) is 4.79 Å². The lowest BCUT2D eigenvalue weighted by Crippen LogP contribution is -2.12. The summed E-state index contributed by atoms with van der Waals surface area (Å²) in [5.74, 6) is 0.158. The fourth-order valence-corrected chi connectivity index (χ4v) is 2.23. The van der Waals surface area contributed by atoms with Crippen LogP contribution >= 0.6 is 23.2 Å². The molecule has 2 aromatic carbocycles. The molecule has 0 spiro atoms. The Bertz CT molecular complexity index is 718. The van der Waals surface area contributed by atoms with Gasteiger partial charge in [0.2, 0.25) is 0 Å². The zero-order valence-corrected chi connectivity index (χ0v) is 13.2. The molecule has 120 valence electrons. The molecule has 0 aliphatic rings. The highest BCUT2D eigenvalue weighted by Crippen LogP contribution is 2.21. The SMILES string of the molecule is O=C(OCCc1ccc(Cl)cc1Cl)Oc1ccc([N+](=O)[O-])cc1. The number of nitrogens with zero attached hydrogens (tertiary/aromatic N) is 1. The van der Waals surface area contributed by atoms with Gasteiger partial charge in [-0.15, -0.1) is 0 Å². The number of carbonyl (C=O) groups excluding carboxylic acids is 1. The highest BCUT2D eigenvalue weighted by atomic mass is 35.5. The molecule has 0 heterocycles. The number of ether oxygens (including phenoxy) is 2. The summed E-state index contributed by atoms with van der Waals surface area (Å²) in [4.78, 5) is 21.5. The smallest absolute Gasteiger partial charge is 0.434 e. The van der Waals surface area contributed by atoms with E-state index in [1.54, 1.807) is 18.2 Å². The summed E-state index contributed by atoms with van der Waals surface area (Å²) in [6.07, 6.45) is -0.491. The Labute approximate surface area is 141 Å². The number of benzene rings is 2. The van der Waals surface area contributed by atoms with E-state index in [0.29, 0.717) is 16.5 Å². The molecule has 0 radical (unpaired) electrons. The van der Waals surface area contributed by atoms with Crippen molar-refractivity contribution in [3.05, 3.63) is 68.2 Å². The lowest BCUT2D eigenvalue weighted by atomic mass is 10.2. The molecule has 23 heavy (non-hydrogen) atoms. The third-order valence-electron chi connectivity index (χ3n) is 2.86. The topological polar surface area (TPSA) is 78.7 Å². The molecule has 0 aliphatic heterocycles. The first-order valence-electron chi connectivity index (χ1n) is 6.48. The van der Waals surface area contributed by atoms with E-state index in [1.165, 1.54) is 24.3 Å². The van der Waals surface area contributed by atoms with E-state index in [2.05, 4.69) is 0 Å². The fraction of sp³-hybridized carbons (Fsp3) is 0.133. The molecule has 8 heteroatoms. The van der Waals surface area contributed by atoms with Crippen LogP contribution in [0.25, 0.3) is 0 Å². The van der Waals surface area contributed by atoms with E-state index in [4.69, 9.17) is 32.7 Å². The summed E-state index contributed by atoms with van der Waals surface area (Å²) in [6, 6.07) is 10.1. The molecule has 0 N–H and O–H groups in total. The summed E-state index contributed by atoms with van der Waals surface area (Å²) in [5.41, 5.74) is 0.697. The number of non-ortho nitro benzene ring substituents is 1. The maximum atomic E-state index is 11.5. The third-order valence-corrected chi connectivity index (χ3v) is 3.44. The molecule has 0 saturated carbocycles. The molecule has 0 aromatic heterocycles. The van der Waals surface area contributed by atoms with E-state index in [0.717, 1.165) is 5.56 Å². The first-order chi connectivity index (χ1) is 11.0. The second kappa shape index (κ2) is 7.80. The average Bonchev–Trinajstić information content (AvgIpc) is 2.50. The van der Waals surface area contributed by atoms with Crippen LogP contribution in [0.4, 0.5) is 10.5 Å². The van der Waals surface area contributed by atoms with Gasteiger partial charge in [-0.1, -0.05) is 29.3 Å². The highest BCUT2D eigenvalue weighted by Gasteiger charge is 2.10. The van der Waals surface area contributed by atoms with Crippen molar-refractivity contribution < 1.29 is 19.2 Å².